The molecule has 4 saturated carbocycles. The molecule has 0 unspecified atom stereocenters. The number of hydrogen-bond acceptors (Lipinski definition) is 2. The standard InChI is InChI=1S/C27H48O2/c1-17(2)7-6-8-18(3)22-11-12-23-21-10-9-19-15-20(28)13-14-26(19,4)24(21)16-25(29)27(22,23)5/h17-25,28-29H,6-16H2,1-5H3/t18-,19-,20-,21-,22-,23-,24-,25+,26+,27-/m1/s1. The van der Waals surface area contributed by atoms with Crippen molar-refractivity contribution in [2.45, 2.75) is 117 Å². The summed E-state index contributed by atoms with van der Waals surface area (Å²) in [5.41, 5.74) is 0.487. The van der Waals surface area contributed by atoms with Gasteiger partial charge in [0, 0.05) is 0 Å². The fourth-order valence-electron chi connectivity index (χ4n) is 9.21. The van der Waals surface area contributed by atoms with E-state index in [9.17, 15) is 10.2 Å². The first-order valence-corrected chi connectivity index (χ1v) is 13.0. The lowest BCUT2D eigenvalue weighted by Crippen LogP contribution is -2.58. The Hall–Kier alpha value is -0.0800. The molecule has 0 amide bonds. The molecule has 168 valence electrons. The minimum atomic E-state index is -0.128. The topological polar surface area (TPSA) is 40.5 Å². The van der Waals surface area contributed by atoms with E-state index < -0.39 is 0 Å². The third-order valence-corrected chi connectivity index (χ3v) is 10.9. The number of aliphatic hydroxyl groups excluding tert-OH is 2. The maximum Gasteiger partial charge on any atom is 0.0602 e. The van der Waals surface area contributed by atoms with Crippen LogP contribution in [0.4, 0.5) is 0 Å². The SMILES string of the molecule is CC(C)CCC[C@@H](C)[C@H]1CC[C@@H]2[C@H]3CC[C@@H]4C[C@H](O)CC[C@]4(C)[C@@H]3C[C@H](O)[C@@]21C. The molecule has 0 radical (unpaired) electrons. The zero-order valence-corrected chi connectivity index (χ0v) is 19.9. The quantitative estimate of drug-likeness (QED) is 0.553. The molecular weight excluding hydrogens is 356 g/mol. The zero-order valence-electron chi connectivity index (χ0n) is 19.9. The van der Waals surface area contributed by atoms with E-state index in [4.69, 9.17) is 0 Å². The average molecular weight is 405 g/mol. The van der Waals surface area contributed by atoms with Crippen molar-refractivity contribution in [3.05, 3.63) is 0 Å². The Morgan fingerprint density at radius 3 is 2.34 bits per heavy atom. The van der Waals surface area contributed by atoms with Crippen LogP contribution in [0.15, 0.2) is 0 Å². The van der Waals surface area contributed by atoms with Crippen LogP contribution >= 0.6 is 0 Å². The van der Waals surface area contributed by atoms with Crippen LogP contribution in [0.3, 0.4) is 0 Å². The van der Waals surface area contributed by atoms with Gasteiger partial charge in [-0.1, -0.05) is 53.9 Å². The fraction of sp³-hybridized carbons (Fsp3) is 1.00. The molecule has 29 heavy (non-hydrogen) atoms. The first-order valence-electron chi connectivity index (χ1n) is 13.0. The van der Waals surface area contributed by atoms with Gasteiger partial charge in [-0.15, -0.1) is 0 Å². The van der Waals surface area contributed by atoms with Crippen molar-refractivity contribution in [1.82, 2.24) is 0 Å². The van der Waals surface area contributed by atoms with Crippen molar-refractivity contribution in [2.75, 3.05) is 0 Å². The molecule has 0 aromatic heterocycles. The average Bonchev–Trinajstić information content (AvgIpc) is 3.02. The molecule has 4 aliphatic carbocycles. The fourth-order valence-corrected chi connectivity index (χ4v) is 9.21. The maximum absolute atomic E-state index is 11.6. The largest absolute Gasteiger partial charge is 0.393 e. The number of fused-ring (bicyclic) bond motifs is 5. The molecule has 4 aliphatic rings. The van der Waals surface area contributed by atoms with Crippen LogP contribution in [0, 0.1) is 52.3 Å². The number of rotatable bonds is 5. The van der Waals surface area contributed by atoms with E-state index in [0.717, 1.165) is 42.9 Å². The number of hydrogen-bond donors (Lipinski definition) is 2. The molecule has 2 N–H and O–H groups in total. The van der Waals surface area contributed by atoms with Crippen LogP contribution in [0.1, 0.15) is 105 Å². The second-order valence-corrected chi connectivity index (χ2v) is 12.7. The molecule has 2 nitrogen and oxygen atoms in total. The van der Waals surface area contributed by atoms with Crippen molar-refractivity contribution in [3.63, 3.8) is 0 Å². The molecule has 0 spiro atoms. The summed E-state index contributed by atoms with van der Waals surface area (Å²) in [6.07, 6.45) is 13.3. The van der Waals surface area contributed by atoms with Crippen LogP contribution in [-0.4, -0.2) is 22.4 Å². The first kappa shape index (κ1) is 22.1. The Morgan fingerprint density at radius 2 is 1.62 bits per heavy atom. The molecular formula is C27H48O2. The van der Waals surface area contributed by atoms with Gasteiger partial charge >= 0.3 is 0 Å². The summed E-state index contributed by atoms with van der Waals surface area (Å²) in [5, 5.41) is 21.9. The van der Waals surface area contributed by atoms with E-state index in [-0.39, 0.29) is 17.6 Å². The monoisotopic (exact) mass is 404 g/mol. The Bertz CT molecular complexity index is 573. The van der Waals surface area contributed by atoms with Gasteiger partial charge in [-0.3, -0.25) is 0 Å². The van der Waals surface area contributed by atoms with Crippen molar-refractivity contribution in [1.29, 1.82) is 0 Å². The molecule has 0 heterocycles. The summed E-state index contributed by atoms with van der Waals surface area (Å²) in [7, 11) is 0. The highest BCUT2D eigenvalue weighted by Gasteiger charge is 2.63. The summed E-state index contributed by atoms with van der Waals surface area (Å²) < 4.78 is 0. The Labute approximate surface area is 180 Å². The molecule has 10 atom stereocenters. The second-order valence-electron chi connectivity index (χ2n) is 12.7. The third kappa shape index (κ3) is 3.63. The lowest BCUT2D eigenvalue weighted by atomic mass is 9.43. The maximum atomic E-state index is 11.6. The molecule has 4 rings (SSSR count). The molecule has 2 heteroatoms. The highest BCUT2D eigenvalue weighted by Crippen LogP contribution is 2.68. The van der Waals surface area contributed by atoms with Crippen LogP contribution in [-0.2, 0) is 0 Å². The van der Waals surface area contributed by atoms with Crippen LogP contribution < -0.4 is 0 Å². The van der Waals surface area contributed by atoms with E-state index in [1.165, 1.54) is 51.4 Å². The summed E-state index contributed by atoms with van der Waals surface area (Å²) >= 11 is 0. The van der Waals surface area contributed by atoms with E-state index >= 15 is 0 Å². The Morgan fingerprint density at radius 1 is 0.862 bits per heavy atom. The van der Waals surface area contributed by atoms with Crippen LogP contribution in [0.25, 0.3) is 0 Å². The molecule has 0 aliphatic heterocycles. The highest BCUT2D eigenvalue weighted by atomic mass is 16.3. The van der Waals surface area contributed by atoms with Gasteiger partial charge in [-0.25, -0.2) is 0 Å². The lowest BCUT2D eigenvalue weighted by Gasteiger charge is -2.62. The predicted octanol–water partition coefficient (Wildman–Crippen LogP) is 6.44. The summed E-state index contributed by atoms with van der Waals surface area (Å²) in [5.74, 6) is 5.14. The Balaban J connectivity index is 1.51. The summed E-state index contributed by atoms with van der Waals surface area (Å²) in [6.45, 7) is 12.2. The van der Waals surface area contributed by atoms with Crippen molar-refractivity contribution in [3.8, 4) is 0 Å². The summed E-state index contributed by atoms with van der Waals surface area (Å²) in [4.78, 5) is 0. The van der Waals surface area contributed by atoms with E-state index in [1.54, 1.807) is 0 Å². The summed E-state index contributed by atoms with van der Waals surface area (Å²) in [6, 6.07) is 0. The first-order chi connectivity index (χ1) is 13.7. The van der Waals surface area contributed by atoms with E-state index in [0.29, 0.717) is 23.2 Å². The minimum absolute atomic E-state index is 0.0778. The van der Waals surface area contributed by atoms with Gasteiger partial charge in [0.2, 0.25) is 0 Å². The van der Waals surface area contributed by atoms with Gasteiger partial charge in [0.1, 0.15) is 0 Å². The second kappa shape index (κ2) is 8.12. The van der Waals surface area contributed by atoms with E-state index in [1.807, 2.05) is 0 Å². The van der Waals surface area contributed by atoms with Gasteiger partial charge in [0.25, 0.3) is 0 Å². The van der Waals surface area contributed by atoms with Gasteiger partial charge < -0.3 is 10.2 Å². The molecule has 0 saturated heterocycles. The predicted molar refractivity (Wildman–Crippen MR) is 120 cm³/mol. The van der Waals surface area contributed by atoms with Crippen molar-refractivity contribution >= 4 is 0 Å². The lowest BCUT2D eigenvalue weighted by molar-refractivity contribution is -0.174. The van der Waals surface area contributed by atoms with E-state index in [2.05, 4.69) is 34.6 Å². The van der Waals surface area contributed by atoms with Crippen LogP contribution in [0.5, 0.6) is 0 Å². The molecule has 0 aromatic carbocycles. The highest BCUT2D eigenvalue weighted by molar-refractivity contribution is 5.12. The molecule has 0 aromatic rings. The zero-order chi connectivity index (χ0) is 21.0. The molecule has 4 fully saturated rings. The Kier molecular flexibility index (Phi) is 6.19. The smallest absolute Gasteiger partial charge is 0.0602 e. The minimum Gasteiger partial charge on any atom is -0.393 e. The van der Waals surface area contributed by atoms with Gasteiger partial charge in [-0.05, 0) is 104 Å². The normalized spacial score (nSPS) is 50.7. The van der Waals surface area contributed by atoms with Crippen molar-refractivity contribution < 1.29 is 10.2 Å². The van der Waals surface area contributed by atoms with Crippen LogP contribution in [0.2, 0.25) is 0 Å². The van der Waals surface area contributed by atoms with Crippen molar-refractivity contribution in [2.24, 2.45) is 52.3 Å². The number of aliphatic hydroxyl groups is 2. The van der Waals surface area contributed by atoms with Gasteiger partial charge in [-0.2, -0.15) is 0 Å². The molecule has 0 bridgehead atoms. The van der Waals surface area contributed by atoms with Gasteiger partial charge in [0.05, 0.1) is 12.2 Å². The third-order valence-electron chi connectivity index (χ3n) is 10.9. The van der Waals surface area contributed by atoms with Gasteiger partial charge in [0.15, 0.2) is 0 Å².